The van der Waals surface area contributed by atoms with Crippen LogP contribution in [0.1, 0.15) is 39.3 Å². The predicted octanol–water partition coefficient (Wildman–Crippen LogP) is 4.92. The van der Waals surface area contributed by atoms with Crippen molar-refractivity contribution in [2.24, 2.45) is 0 Å². The number of hydrogen-bond acceptors (Lipinski definition) is 4. The lowest BCUT2D eigenvalue weighted by Crippen LogP contribution is -2.36. The van der Waals surface area contributed by atoms with Crippen molar-refractivity contribution < 1.29 is 13.2 Å². The summed E-state index contributed by atoms with van der Waals surface area (Å²) in [5, 5.41) is 0.187. The van der Waals surface area contributed by atoms with Crippen LogP contribution in [0, 0.1) is 13.8 Å². The second-order valence-electron chi connectivity index (χ2n) is 7.85. The Bertz CT molecular complexity index is 1250. The van der Waals surface area contributed by atoms with Crippen LogP contribution < -0.4 is 4.90 Å². The van der Waals surface area contributed by atoms with E-state index in [0.717, 1.165) is 29.7 Å². The van der Waals surface area contributed by atoms with Crippen molar-refractivity contribution in [3.8, 4) is 0 Å². The van der Waals surface area contributed by atoms with E-state index in [-0.39, 0.29) is 27.3 Å². The third-order valence-corrected chi connectivity index (χ3v) is 7.70. The van der Waals surface area contributed by atoms with Crippen molar-refractivity contribution in [3.05, 3.63) is 87.7 Å². The first kappa shape index (κ1) is 21.5. The van der Waals surface area contributed by atoms with Crippen LogP contribution in [-0.4, -0.2) is 25.9 Å². The number of amides is 1. The second-order valence-corrected chi connectivity index (χ2v) is 10.2. The fourth-order valence-electron chi connectivity index (χ4n) is 4.03. The number of benzene rings is 2. The first-order chi connectivity index (χ1) is 14.8. The fourth-order valence-corrected chi connectivity index (χ4v) is 6.22. The quantitative estimate of drug-likeness (QED) is 0.561. The summed E-state index contributed by atoms with van der Waals surface area (Å²) in [6.45, 7) is 4.35. The molecule has 0 saturated carbocycles. The van der Waals surface area contributed by atoms with Crippen LogP contribution in [0.4, 0.5) is 5.69 Å². The number of halogens is 1. The summed E-state index contributed by atoms with van der Waals surface area (Å²) in [5.74, 6) is -0.549. The number of carbonyl (C=O) groups excluding carboxylic acids is 1. The van der Waals surface area contributed by atoms with E-state index < -0.39 is 9.84 Å². The molecule has 0 N–H and O–H groups in total. The highest BCUT2D eigenvalue weighted by molar-refractivity contribution is 7.90. The molecule has 0 fully saturated rings. The minimum absolute atomic E-state index is 0.107. The van der Waals surface area contributed by atoms with E-state index in [1.54, 1.807) is 48.2 Å². The summed E-state index contributed by atoms with van der Waals surface area (Å²) < 4.78 is 26.0. The smallest absolute Gasteiger partial charge is 0.276 e. The summed E-state index contributed by atoms with van der Waals surface area (Å²) in [7, 11) is -3.71. The van der Waals surface area contributed by atoms with Crippen LogP contribution in [0.2, 0.25) is 5.02 Å². The van der Waals surface area contributed by atoms with Crippen molar-refractivity contribution in [1.82, 2.24) is 4.98 Å². The van der Waals surface area contributed by atoms with Gasteiger partial charge in [0.1, 0.15) is 5.69 Å². The van der Waals surface area contributed by atoms with E-state index in [2.05, 4.69) is 11.1 Å². The molecule has 1 amide bonds. The van der Waals surface area contributed by atoms with Crippen molar-refractivity contribution in [2.75, 3.05) is 11.4 Å². The molecule has 0 spiro atoms. The Morgan fingerprint density at radius 2 is 1.87 bits per heavy atom. The molecule has 1 aliphatic heterocycles. The van der Waals surface area contributed by atoms with Gasteiger partial charge >= 0.3 is 0 Å². The molecular formula is C24H23ClN2O3S. The SMILES string of the molecule is Cc1ccc2c(c1)CCCN2C(=O)c1cccc(CS(=O)(=O)c2c(C)cccc2Cl)n1. The zero-order chi connectivity index (χ0) is 22.2. The van der Waals surface area contributed by atoms with Gasteiger partial charge in [-0.1, -0.05) is 47.5 Å². The molecule has 2 heterocycles. The second kappa shape index (κ2) is 8.44. The van der Waals surface area contributed by atoms with E-state index in [4.69, 9.17) is 11.6 Å². The highest BCUT2D eigenvalue weighted by Gasteiger charge is 2.26. The lowest BCUT2D eigenvalue weighted by atomic mass is 9.99. The third-order valence-electron chi connectivity index (χ3n) is 5.44. The number of hydrogen-bond donors (Lipinski definition) is 0. The van der Waals surface area contributed by atoms with Crippen molar-refractivity contribution >= 4 is 33.0 Å². The molecule has 7 heteroatoms. The van der Waals surface area contributed by atoms with Crippen LogP contribution in [0.5, 0.6) is 0 Å². The highest BCUT2D eigenvalue weighted by Crippen LogP contribution is 2.30. The van der Waals surface area contributed by atoms with Crippen molar-refractivity contribution in [3.63, 3.8) is 0 Å². The molecule has 2 aromatic carbocycles. The maximum absolute atomic E-state index is 13.2. The van der Waals surface area contributed by atoms with Gasteiger partial charge in [0.2, 0.25) is 0 Å². The number of fused-ring (bicyclic) bond motifs is 1. The molecule has 0 atom stereocenters. The summed E-state index contributed by atoms with van der Waals surface area (Å²) in [4.78, 5) is 19.5. The zero-order valence-electron chi connectivity index (χ0n) is 17.4. The normalized spacial score (nSPS) is 13.7. The van der Waals surface area contributed by atoms with Gasteiger partial charge in [0.15, 0.2) is 9.84 Å². The lowest BCUT2D eigenvalue weighted by Gasteiger charge is -2.29. The Morgan fingerprint density at radius 1 is 1.10 bits per heavy atom. The highest BCUT2D eigenvalue weighted by atomic mass is 35.5. The van der Waals surface area contributed by atoms with Crippen LogP contribution in [0.15, 0.2) is 59.5 Å². The van der Waals surface area contributed by atoms with Crippen LogP contribution in [0.25, 0.3) is 0 Å². The standard InChI is InChI=1S/C24H23ClN2O3S/c1-16-11-12-22-18(14-16)7-5-13-27(22)24(28)21-10-4-8-19(26-21)15-31(29,30)23-17(2)6-3-9-20(23)25/h3-4,6,8-12,14H,5,7,13,15H2,1-2H3. The summed E-state index contributed by atoms with van der Waals surface area (Å²) in [6, 6.07) is 16.0. The van der Waals surface area contributed by atoms with Gasteiger partial charge in [-0.15, -0.1) is 0 Å². The van der Waals surface area contributed by atoms with Gasteiger partial charge in [-0.05, 0) is 62.1 Å². The Kier molecular flexibility index (Phi) is 5.86. The van der Waals surface area contributed by atoms with E-state index in [9.17, 15) is 13.2 Å². The number of carbonyl (C=O) groups is 1. The maximum atomic E-state index is 13.2. The first-order valence-electron chi connectivity index (χ1n) is 10.1. The van der Waals surface area contributed by atoms with Gasteiger partial charge < -0.3 is 4.90 Å². The lowest BCUT2D eigenvalue weighted by molar-refractivity contribution is 0.0980. The molecule has 0 radical (unpaired) electrons. The van der Waals surface area contributed by atoms with Gasteiger partial charge in [0.25, 0.3) is 5.91 Å². The fraction of sp³-hybridized carbons (Fsp3) is 0.250. The minimum atomic E-state index is -3.71. The summed E-state index contributed by atoms with van der Waals surface area (Å²) in [6.07, 6.45) is 1.81. The number of aryl methyl sites for hydroxylation is 3. The monoisotopic (exact) mass is 454 g/mol. The average molecular weight is 455 g/mol. The Morgan fingerprint density at radius 3 is 2.65 bits per heavy atom. The number of nitrogens with zero attached hydrogens (tertiary/aromatic N) is 2. The molecule has 0 unspecified atom stereocenters. The number of rotatable bonds is 4. The summed E-state index contributed by atoms with van der Waals surface area (Å²) in [5.41, 5.74) is 4.33. The minimum Gasteiger partial charge on any atom is -0.307 e. The molecule has 5 nitrogen and oxygen atoms in total. The van der Waals surface area contributed by atoms with Crippen LogP contribution in [0.3, 0.4) is 0 Å². The molecule has 1 aliphatic rings. The van der Waals surface area contributed by atoms with Gasteiger partial charge in [0.05, 0.1) is 21.4 Å². The number of aromatic nitrogens is 1. The molecular weight excluding hydrogens is 432 g/mol. The Labute approximate surface area is 187 Å². The molecule has 0 bridgehead atoms. The molecule has 4 rings (SSSR count). The van der Waals surface area contributed by atoms with Gasteiger partial charge in [-0.2, -0.15) is 0 Å². The van der Waals surface area contributed by atoms with E-state index in [1.807, 2.05) is 19.1 Å². The third kappa shape index (κ3) is 4.36. The number of pyridine rings is 1. The van der Waals surface area contributed by atoms with Crippen LogP contribution in [-0.2, 0) is 22.0 Å². The van der Waals surface area contributed by atoms with Crippen LogP contribution >= 0.6 is 11.6 Å². The molecule has 31 heavy (non-hydrogen) atoms. The van der Waals surface area contributed by atoms with E-state index in [0.29, 0.717) is 17.8 Å². The summed E-state index contributed by atoms with van der Waals surface area (Å²) >= 11 is 6.16. The largest absolute Gasteiger partial charge is 0.307 e. The molecule has 1 aromatic heterocycles. The number of sulfone groups is 1. The molecule has 160 valence electrons. The number of anilines is 1. The van der Waals surface area contributed by atoms with E-state index >= 15 is 0 Å². The zero-order valence-corrected chi connectivity index (χ0v) is 19.0. The maximum Gasteiger partial charge on any atom is 0.276 e. The van der Waals surface area contributed by atoms with Crippen molar-refractivity contribution in [2.45, 2.75) is 37.3 Å². The average Bonchev–Trinajstić information content (AvgIpc) is 2.72. The molecule has 0 saturated heterocycles. The van der Waals surface area contributed by atoms with Crippen molar-refractivity contribution in [1.29, 1.82) is 0 Å². The Hall–Kier alpha value is -2.70. The predicted molar refractivity (Wildman–Crippen MR) is 122 cm³/mol. The molecule has 0 aliphatic carbocycles. The van der Waals surface area contributed by atoms with Gasteiger partial charge in [-0.25, -0.2) is 13.4 Å². The topological polar surface area (TPSA) is 67.3 Å². The first-order valence-corrected chi connectivity index (χ1v) is 12.1. The van der Waals surface area contributed by atoms with Gasteiger partial charge in [0, 0.05) is 12.2 Å². The van der Waals surface area contributed by atoms with E-state index in [1.165, 1.54) is 0 Å². The molecule has 3 aromatic rings. The Balaban J connectivity index is 1.63. The van der Waals surface area contributed by atoms with Gasteiger partial charge in [-0.3, -0.25) is 4.79 Å².